The van der Waals surface area contributed by atoms with E-state index in [1.54, 1.807) is 0 Å². The summed E-state index contributed by atoms with van der Waals surface area (Å²) >= 11 is 0. The molecule has 0 saturated carbocycles. The van der Waals surface area contributed by atoms with Crippen molar-refractivity contribution >= 4 is 5.91 Å². The number of quaternary nitrogens is 1. The molecule has 16 heavy (non-hydrogen) atoms. The summed E-state index contributed by atoms with van der Waals surface area (Å²) < 4.78 is 0. The van der Waals surface area contributed by atoms with E-state index in [1.165, 1.54) is 6.92 Å². The molecule has 2 atom stereocenters. The number of rotatable bonds is 2. The lowest BCUT2D eigenvalue weighted by molar-refractivity contribution is -1.15. The van der Waals surface area contributed by atoms with Crippen molar-refractivity contribution in [2.75, 3.05) is 6.54 Å². The van der Waals surface area contributed by atoms with Crippen molar-refractivity contribution in [2.24, 2.45) is 5.92 Å². The van der Waals surface area contributed by atoms with Crippen molar-refractivity contribution in [3.05, 3.63) is 0 Å². The van der Waals surface area contributed by atoms with Gasteiger partial charge in [0.15, 0.2) is 0 Å². The van der Waals surface area contributed by atoms with Gasteiger partial charge >= 0.3 is 0 Å². The van der Waals surface area contributed by atoms with Crippen LogP contribution in [-0.4, -0.2) is 28.7 Å². The molecule has 1 fully saturated rings. The van der Waals surface area contributed by atoms with Gasteiger partial charge in [0.25, 0.3) is 0 Å². The Morgan fingerprint density at radius 2 is 1.94 bits per heavy atom. The molecule has 0 aromatic carbocycles. The fraction of sp³-hybridized carbons (Fsp3) is 0.909. The van der Waals surface area contributed by atoms with Crippen molar-refractivity contribution < 1.29 is 27.5 Å². The van der Waals surface area contributed by atoms with E-state index < -0.39 is 0 Å². The summed E-state index contributed by atoms with van der Waals surface area (Å²) in [6.45, 7) is 10.4. The Kier molecular flexibility index (Phi) is 4.80. The predicted octanol–water partition coefficient (Wildman–Crippen LogP) is -3.02. The molecule has 3 N–H and O–H groups in total. The summed E-state index contributed by atoms with van der Waals surface area (Å²) in [4.78, 5) is 10.9. The molecule has 0 bridgehead atoms. The first kappa shape index (κ1) is 15.7. The van der Waals surface area contributed by atoms with Crippen LogP contribution in [0.5, 0.6) is 0 Å². The third-order valence-electron chi connectivity index (χ3n) is 3.63. The van der Waals surface area contributed by atoms with Gasteiger partial charge in [-0.25, -0.2) is 5.21 Å². The van der Waals surface area contributed by atoms with Gasteiger partial charge in [0.1, 0.15) is 11.1 Å². The zero-order chi connectivity index (χ0) is 11.9. The summed E-state index contributed by atoms with van der Waals surface area (Å²) in [6, 6.07) is 0. The van der Waals surface area contributed by atoms with Crippen molar-refractivity contribution in [1.29, 1.82) is 0 Å². The predicted molar refractivity (Wildman–Crippen MR) is 57.7 cm³/mol. The zero-order valence-corrected chi connectivity index (χ0v) is 11.5. The van der Waals surface area contributed by atoms with E-state index in [0.29, 0.717) is 17.5 Å². The highest BCUT2D eigenvalue weighted by Gasteiger charge is 2.55. The Labute approximate surface area is 104 Å². The second kappa shape index (κ2) is 4.90. The highest BCUT2D eigenvalue weighted by molar-refractivity contribution is 5.72. The van der Waals surface area contributed by atoms with E-state index in [-0.39, 0.29) is 29.4 Å². The molecule has 0 aromatic heterocycles. The maximum absolute atomic E-state index is 10.9. The SMILES string of the molecule is CC(=O)NCC1CC(C)(C)[NH+](O)C1(C)C.[Cl-]. The van der Waals surface area contributed by atoms with E-state index >= 15 is 0 Å². The lowest BCUT2D eigenvalue weighted by atomic mass is 9.87. The van der Waals surface area contributed by atoms with Crippen LogP contribution in [-0.2, 0) is 4.79 Å². The van der Waals surface area contributed by atoms with Crippen LogP contribution in [0.2, 0.25) is 0 Å². The standard InChI is InChI=1S/C11H22N2O2.ClH/c1-8(14)12-7-9-6-10(2,3)13(15)11(9,4)5;/h9,15H,6-7H2,1-5H3,(H,12,14);1H. The molecule has 1 heterocycles. The van der Waals surface area contributed by atoms with Gasteiger partial charge in [-0.15, -0.1) is 0 Å². The van der Waals surface area contributed by atoms with E-state index in [0.717, 1.165) is 6.42 Å². The average Bonchev–Trinajstić information content (AvgIpc) is 2.23. The molecule has 0 aromatic rings. The summed E-state index contributed by atoms with van der Waals surface area (Å²) in [5.74, 6) is 0.311. The third-order valence-corrected chi connectivity index (χ3v) is 3.63. The smallest absolute Gasteiger partial charge is 0.216 e. The van der Waals surface area contributed by atoms with Crippen LogP contribution in [0.4, 0.5) is 0 Å². The van der Waals surface area contributed by atoms with Crippen molar-refractivity contribution in [2.45, 2.75) is 52.1 Å². The summed E-state index contributed by atoms with van der Waals surface area (Å²) in [5.41, 5.74) is -0.335. The number of hydrogen-bond donors (Lipinski definition) is 3. The number of carbonyl (C=O) groups is 1. The van der Waals surface area contributed by atoms with Crippen LogP contribution in [0.25, 0.3) is 0 Å². The maximum atomic E-state index is 10.9. The minimum absolute atomic E-state index is 0. The van der Waals surface area contributed by atoms with E-state index in [4.69, 9.17) is 0 Å². The number of hydrogen-bond acceptors (Lipinski definition) is 2. The average molecular weight is 251 g/mol. The van der Waals surface area contributed by atoms with Crippen LogP contribution in [0.1, 0.15) is 41.0 Å². The quantitative estimate of drug-likeness (QED) is 0.489. The monoisotopic (exact) mass is 250 g/mol. The Morgan fingerprint density at radius 3 is 2.25 bits per heavy atom. The van der Waals surface area contributed by atoms with E-state index in [1.807, 2.05) is 13.8 Å². The van der Waals surface area contributed by atoms with Crippen LogP contribution >= 0.6 is 0 Å². The van der Waals surface area contributed by atoms with Gasteiger partial charge in [-0.05, 0) is 27.7 Å². The fourth-order valence-electron chi connectivity index (χ4n) is 2.63. The van der Waals surface area contributed by atoms with Crippen LogP contribution in [0, 0.1) is 5.92 Å². The Hall–Kier alpha value is -0.320. The Bertz CT molecular complexity index is 267. The Balaban J connectivity index is 0.00000225. The normalized spacial score (nSPS) is 30.6. The molecular formula is C11H23ClN2O2. The van der Waals surface area contributed by atoms with Gasteiger partial charge in [-0.2, -0.15) is 5.06 Å². The molecule has 4 nitrogen and oxygen atoms in total. The highest BCUT2D eigenvalue weighted by atomic mass is 35.5. The number of halogens is 1. The lowest BCUT2D eigenvalue weighted by Gasteiger charge is -2.31. The number of nitrogens with one attached hydrogen (secondary N) is 2. The van der Waals surface area contributed by atoms with Gasteiger partial charge in [-0.1, -0.05) is 0 Å². The summed E-state index contributed by atoms with van der Waals surface area (Å²) in [5, 5.41) is 13.5. The first-order valence-corrected chi connectivity index (χ1v) is 5.49. The molecule has 1 amide bonds. The topological polar surface area (TPSA) is 53.8 Å². The highest BCUT2D eigenvalue weighted by Crippen LogP contribution is 2.29. The first-order valence-electron chi connectivity index (χ1n) is 5.49. The second-order valence-corrected chi connectivity index (χ2v) is 5.79. The molecule has 5 heteroatoms. The molecule has 0 aliphatic carbocycles. The molecule has 1 rings (SSSR count). The summed E-state index contributed by atoms with van der Waals surface area (Å²) in [7, 11) is 0. The van der Waals surface area contributed by atoms with Gasteiger partial charge in [0.05, 0.1) is 0 Å². The maximum Gasteiger partial charge on any atom is 0.216 e. The molecule has 2 unspecified atom stereocenters. The molecule has 0 radical (unpaired) electrons. The van der Waals surface area contributed by atoms with Gasteiger partial charge < -0.3 is 17.7 Å². The lowest BCUT2D eigenvalue weighted by Crippen LogP contribution is -3.21. The molecule has 1 aliphatic rings. The minimum Gasteiger partial charge on any atom is -1.00 e. The largest absolute Gasteiger partial charge is 1.00 e. The van der Waals surface area contributed by atoms with E-state index in [9.17, 15) is 10.0 Å². The van der Waals surface area contributed by atoms with Crippen molar-refractivity contribution in [1.82, 2.24) is 5.32 Å². The van der Waals surface area contributed by atoms with Gasteiger partial charge in [0, 0.05) is 25.8 Å². The van der Waals surface area contributed by atoms with Crippen molar-refractivity contribution in [3.63, 3.8) is 0 Å². The zero-order valence-electron chi connectivity index (χ0n) is 10.7. The second-order valence-electron chi connectivity index (χ2n) is 5.79. The number of carbonyl (C=O) groups excluding carboxylic acids is 1. The molecule has 96 valence electrons. The first-order chi connectivity index (χ1) is 6.68. The number of hydroxylamine groups is 2. The fourth-order valence-corrected chi connectivity index (χ4v) is 2.63. The Morgan fingerprint density at radius 1 is 1.44 bits per heavy atom. The molecule has 1 saturated heterocycles. The number of amides is 1. The molecule has 1 aliphatic heterocycles. The van der Waals surface area contributed by atoms with Crippen LogP contribution in [0.3, 0.4) is 0 Å². The minimum atomic E-state index is -0.202. The molecular weight excluding hydrogens is 228 g/mol. The molecule has 0 spiro atoms. The van der Waals surface area contributed by atoms with Gasteiger partial charge in [-0.3, -0.25) is 4.79 Å². The van der Waals surface area contributed by atoms with Gasteiger partial charge in [0.2, 0.25) is 5.91 Å². The third kappa shape index (κ3) is 2.87. The van der Waals surface area contributed by atoms with Crippen LogP contribution in [0.15, 0.2) is 0 Å². The van der Waals surface area contributed by atoms with Crippen LogP contribution < -0.4 is 22.8 Å². The summed E-state index contributed by atoms with van der Waals surface area (Å²) in [6.07, 6.45) is 0.923. The van der Waals surface area contributed by atoms with Crippen molar-refractivity contribution in [3.8, 4) is 0 Å². The van der Waals surface area contributed by atoms with E-state index in [2.05, 4.69) is 19.2 Å².